The summed E-state index contributed by atoms with van der Waals surface area (Å²) in [6.45, 7) is 0.852. The zero-order valence-electron chi connectivity index (χ0n) is 16.2. The highest BCUT2D eigenvalue weighted by Gasteiger charge is 2.44. The van der Waals surface area contributed by atoms with Gasteiger partial charge in [0.2, 0.25) is 0 Å². The molecule has 2 N–H and O–H groups in total. The molecule has 1 aliphatic carbocycles. The number of amides is 1. The molecule has 0 bridgehead atoms. The third-order valence-electron chi connectivity index (χ3n) is 6.74. The van der Waals surface area contributed by atoms with E-state index in [0.29, 0.717) is 36.4 Å². The monoisotopic (exact) mass is 413 g/mol. The Kier molecular flexibility index (Phi) is 5.99. The number of alkyl halides is 2. The van der Waals surface area contributed by atoms with Crippen LogP contribution < -0.4 is 5.32 Å². The van der Waals surface area contributed by atoms with E-state index in [2.05, 4.69) is 10.2 Å². The molecule has 0 radical (unpaired) electrons. The molecule has 0 unspecified atom stereocenters. The third kappa shape index (κ3) is 3.96. The minimum absolute atomic E-state index is 0.0467. The van der Waals surface area contributed by atoms with Crippen molar-refractivity contribution in [1.29, 1.82) is 0 Å². The van der Waals surface area contributed by atoms with Crippen molar-refractivity contribution in [2.45, 2.75) is 57.3 Å². The van der Waals surface area contributed by atoms with E-state index >= 15 is 0 Å². The summed E-state index contributed by atoms with van der Waals surface area (Å²) in [5.74, 6) is 2.83. The number of hydrogen-bond acceptors (Lipinski definition) is 4. The maximum Gasteiger partial charge on any atom is 0.319 e. The fourth-order valence-corrected chi connectivity index (χ4v) is 6.29. The predicted octanol–water partition coefficient (Wildman–Crippen LogP) is 2.89. The van der Waals surface area contributed by atoms with Crippen LogP contribution in [0.25, 0.3) is 0 Å². The second-order valence-corrected chi connectivity index (χ2v) is 9.67. The largest absolute Gasteiger partial charge is 0.391 e. The maximum absolute atomic E-state index is 13.3. The van der Waals surface area contributed by atoms with E-state index in [0.717, 1.165) is 17.7 Å². The smallest absolute Gasteiger partial charge is 0.319 e. The molecule has 1 amide bonds. The number of aliphatic hydroxyl groups excluding tert-OH is 1. The average Bonchev–Trinajstić information content (AvgIpc) is 3.26. The molecule has 4 atom stereocenters. The molecule has 1 aromatic rings. The summed E-state index contributed by atoms with van der Waals surface area (Å²) in [6.07, 6.45) is 3.23. The molecule has 28 heavy (non-hydrogen) atoms. The molecule has 0 spiro atoms. The normalized spacial score (nSPS) is 31.9. The Balaban J connectivity index is 1.39. The Labute approximate surface area is 168 Å². The number of carbonyl (C=O) groups is 1. The number of aromatic nitrogens is 1. The number of rotatable bonds is 4. The van der Waals surface area contributed by atoms with Gasteiger partial charge in [-0.3, -0.25) is 14.3 Å². The molecule has 5 nitrogen and oxygen atoms in total. The van der Waals surface area contributed by atoms with Crippen LogP contribution in [0.4, 0.5) is 8.78 Å². The number of fused-ring (bicyclic) bond motifs is 1. The molecule has 2 saturated heterocycles. The molecule has 3 aliphatic rings. The first-order chi connectivity index (χ1) is 13.4. The van der Waals surface area contributed by atoms with E-state index in [1.54, 1.807) is 6.92 Å². The lowest BCUT2D eigenvalue weighted by Crippen LogP contribution is -2.49. The van der Waals surface area contributed by atoms with Gasteiger partial charge in [0.15, 0.2) is 0 Å². The van der Waals surface area contributed by atoms with Gasteiger partial charge in [0.05, 0.1) is 12.1 Å². The molecule has 3 fully saturated rings. The number of aryl methyl sites for hydroxylation is 1. The SMILES string of the molecule is Cc1ccc(C(=O)N[C@H]2C[C@H]3CN(C4CCSCC4)C[C@H]3C[C@@H]2O)n1C(F)F. The number of carbonyl (C=O) groups excluding carboxylic acids is 1. The molecular formula is C20H29F2N3O2S. The summed E-state index contributed by atoms with van der Waals surface area (Å²) in [5, 5.41) is 13.4. The van der Waals surface area contributed by atoms with Crippen molar-refractivity contribution in [2.24, 2.45) is 11.8 Å². The molecule has 3 heterocycles. The van der Waals surface area contributed by atoms with E-state index < -0.39 is 18.6 Å². The van der Waals surface area contributed by atoms with Crippen molar-refractivity contribution >= 4 is 17.7 Å². The molecule has 2 aliphatic heterocycles. The van der Waals surface area contributed by atoms with E-state index in [-0.39, 0.29) is 11.7 Å². The molecule has 8 heteroatoms. The first kappa shape index (κ1) is 20.2. The van der Waals surface area contributed by atoms with Gasteiger partial charge in [0.1, 0.15) is 5.69 Å². The first-order valence-corrected chi connectivity index (χ1v) is 11.4. The maximum atomic E-state index is 13.3. The summed E-state index contributed by atoms with van der Waals surface area (Å²) >= 11 is 2.02. The van der Waals surface area contributed by atoms with Crippen LogP contribution in [0.3, 0.4) is 0 Å². The van der Waals surface area contributed by atoms with Gasteiger partial charge in [-0.15, -0.1) is 0 Å². The van der Waals surface area contributed by atoms with Gasteiger partial charge in [-0.25, -0.2) is 0 Å². The number of aliphatic hydroxyl groups is 1. The molecule has 156 valence electrons. The predicted molar refractivity (Wildman–Crippen MR) is 106 cm³/mol. The second kappa shape index (κ2) is 8.32. The summed E-state index contributed by atoms with van der Waals surface area (Å²) in [5.41, 5.74) is 0.302. The van der Waals surface area contributed by atoms with Gasteiger partial charge in [-0.2, -0.15) is 20.5 Å². The van der Waals surface area contributed by atoms with Crippen LogP contribution in [0, 0.1) is 18.8 Å². The quantitative estimate of drug-likeness (QED) is 0.797. The van der Waals surface area contributed by atoms with Crippen LogP contribution in [0.1, 0.15) is 48.4 Å². The lowest BCUT2D eigenvalue weighted by atomic mass is 9.77. The number of nitrogens with zero attached hydrogens (tertiary/aromatic N) is 2. The van der Waals surface area contributed by atoms with Crippen molar-refractivity contribution < 1.29 is 18.7 Å². The van der Waals surface area contributed by atoms with Crippen LogP contribution in [0.2, 0.25) is 0 Å². The number of likely N-dealkylation sites (tertiary alicyclic amines) is 1. The molecule has 1 saturated carbocycles. The van der Waals surface area contributed by atoms with Crippen molar-refractivity contribution in [2.75, 3.05) is 24.6 Å². The molecule has 1 aromatic heterocycles. The highest BCUT2D eigenvalue weighted by Crippen LogP contribution is 2.39. The second-order valence-electron chi connectivity index (χ2n) is 8.44. The minimum Gasteiger partial charge on any atom is -0.391 e. The number of thioether (sulfide) groups is 1. The van der Waals surface area contributed by atoms with Crippen molar-refractivity contribution in [1.82, 2.24) is 14.8 Å². The Bertz CT molecular complexity index is 708. The Morgan fingerprint density at radius 2 is 1.89 bits per heavy atom. The summed E-state index contributed by atoms with van der Waals surface area (Å²) < 4.78 is 27.3. The van der Waals surface area contributed by atoms with E-state index in [4.69, 9.17) is 0 Å². The Morgan fingerprint density at radius 1 is 1.21 bits per heavy atom. The van der Waals surface area contributed by atoms with E-state index in [1.165, 1.54) is 36.5 Å². The molecule has 0 aromatic carbocycles. The molecular weight excluding hydrogens is 384 g/mol. The van der Waals surface area contributed by atoms with Gasteiger partial charge >= 0.3 is 6.55 Å². The van der Waals surface area contributed by atoms with Crippen molar-refractivity contribution in [3.63, 3.8) is 0 Å². The lowest BCUT2D eigenvalue weighted by Gasteiger charge is -2.35. The number of halogens is 2. The van der Waals surface area contributed by atoms with Crippen molar-refractivity contribution in [3.05, 3.63) is 23.5 Å². The fraction of sp³-hybridized carbons (Fsp3) is 0.750. The highest BCUT2D eigenvalue weighted by molar-refractivity contribution is 7.99. The van der Waals surface area contributed by atoms with Crippen molar-refractivity contribution in [3.8, 4) is 0 Å². The average molecular weight is 414 g/mol. The number of hydrogen-bond donors (Lipinski definition) is 2. The van der Waals surface area contributed by atoms with E-state index in [9.17, 15) is 18.7 Å². The Morgan fingerprint density at radius 3 is 2.57 bits per heavy atom. The zero-order chi connectivity index (χ0) is 19.8. The standard InChI is InChI=1S/C20H29F2N3O2S/c1-12-2-3-17(25(12)20(21)22)19(27)23-16-8-13-10-24(11-14(13)9-18(16)26)15-4-6-28-7-5-15/h2-3,13-16,18,20,26H,4-11H2,1H3,(H,23,27)/t13-,14+,16-,18-/m0/s1. The summed E-state index contributed by atoms with van der Waals surface area (Å²) in [7, 11) is 0. The van der Waals surface area contributed by atoms with E-state index in [1.807, 2.05) is 11.8 Å². The first-order valence-electron chi connectivity index (χ1n) is 10.2. The number of nitrogens with one attached hydrogen (secondary N) is 1. The minimum atomic E-state index is -2.76. The van der Waals surface area contributed by atoms with Gasteiger partial charge in [-0.1, -0.05) is 0 Å². The van der Waals surface area contributed by atoms with Crippen LogP contribution in [0.5, 0.6) is 0 Å². The van der Waals surface area contributed by atoms with Crippen LogP contribution >= 0.6 is 11.8 Å². The molecule has 4 rings (SSSR count). The fourth-order valence-electron chi connectivity index (χ4n) is 5.21. The van der Waals surface area contributed by atoms with Gasteiger partial charge in [-0.05, 0) is 68.1 Å². The summed E-state index contributed by atoms with van der Waals surface area (Å²) in [4.78, 5) is 15.2. The zero-order valence-corrected chi connectivity index (χ0v) is 17.0. The highest BCUT2D eigenvalue weighted by atomic mass is 32.2. The van der Waals surface area contributed by atoms with Crippen LogP contribution in [0.15, 0.2) is 12.1 Å². The van der Waals surface area contributed by atoms with Crippen LogP contribution in [-0.2, 0) is 0 Å². The van der Waals surface area contributed by atoms with Gasteiger partial charge < -0.3 is 10.4 Å². The van der Waals surface area contributed by atoms with Gasteiger partial charge in [0.25, 0.3) is 5.91 Å². The third-order valence-corrected chi connectivity index (χ3v) is 7.79. The lowest BCUT2D eigenvalue weighted by molar-refractivity contribution is 0.0427. The summed E-state index contributed by atoms with van der Waals surface area (Å²) in [6, 6.07) is 3.21. The van der Waals surface area contributed by atoms with Gasteiger partial charge in [0, 0.05) is 24.8 Å². The van der Waals surface area contributed by atoms with Crippen LogP contribution in [-0.4, -0.2) is 63.3 Å². The Hall–Kier alpha value is -1.12. The topological polar surface area (TPSA) is 57.5 Å².